The number of methoxy groups -OCH3 is 1. The largest absolute Gasteiger partial charge is 0.496 e. The van der Waals surface area contributed by atoms with Crippen molar-refractivity contribution in [1.29, 1.82) is 0 Å². The first-order valence-electron chi connectivity index (χ1n) is 6.21. The van der Waals surface area contributed by atoms with Crippen LogP contribution in [0, 0.1) is 19.7 Å². The molecule has 0 spiro atoms. The number of pyridine rings is 1. The third-order valence-corrected chi connectivity index (χ3v) is 3.62. The lowest BCUT2D eigenvalue weighted by Crippen LogP contribution is -2.07. The second-order valence-corrected chi connectivity index (χ2v) is 5.44. The van der Waals surface area contributed by atoms with Gasteiger partial charge in [-0.25, -0.2) is 4.39 Å². The zero-order valence-corrected chi connectivity index (χ0v) is 13.2. The van der Waals surface area contributed by atoms with E-state index in [0.717, 1.165) is 22.6 Å². The van der Waals surface area contributed by atoms with E-state index in [-0.39, 0.29) is 5.82 Å². The van der Waals surface area contributed by atoms with Crippen LogP contribution in [-0.2, 0) is 6.54 Å². The Hall–Kier alpha value is -1.62. The summed E-state index contributed by atoms with van der Waals surface area (Å²) in [5.41, 5.74) is 3.25. The molecule has 0 aliphatic heterocycles. The molecule has 0 aliphatic carbocycles. The summed E-state index contributed by atoms with van der Waals surface area (Å²) in [5.74, 6) is 0.532. The minimum absolute atomic E-state index is 0.295. The highest BCUT2D eigenvalue weighted by Crippen LogP contribution is 2.25. The summed E-state index contributed by atoms with van der Waals surface area (Å²) in [6.45, 7) is 4.35. The highest BCUT2D eigenvalue weighted by molar-refractivity contribution is 9.10. The lowest BCUT2D eigenvalue weighted by atomic mass is 10.1. The number of benzene rings is 1. The number of aryl methyl sites for hydroxylation is 1. The minimum atomic E-state index is -0.295. The fourth-order valence-electron chi connectivity index (χ4n) is 2.06. The molecule has 0 atom stereocenters. The number of nitrogens with zero attached hydrogens (tertiary/aromatic N) is 1. The van der Waals surface area contributed by atoms with Crippen LogP contribution in [0.25, 0.3) is 0 Å². The summed E-state index contributed by atoms with van der Waals surface area (Å²) in [7, 11) is 1.64. The minimum Gasteiger partial charge on any atom is -0.496 e. The maximum absolute atomic E-state index is 13.7. The van der Waals surface area contributed by atoms with Gasteiger partial charge in [-0.2, -0.15) is 0 Å². The molecule has 5 heteroatoms. The molecule has 0 fully saturated rings. The van der Waals surface area contributed by atoms with Crippen molar-refractivity contribution in [1.82, 2.24) is 4.98 Å². The normalized spacial score (nSPS) is 10.4. The zero-order chi connectivity index (χ0) is 14.7. The maximum atomic E-state index is 13.7. The topological polar surface area (TPSA) is 34.1 Å². The van der Waals surface area contributed by atoms with Gasteiger partial charge in [-0.15, -0.1) is 0 Å². The summed E-state index contributed by atoms with van der Waals surface area (Å²) in [4.78, 5) is 4.37. The monoisotopic (exact) mass is 338 g/mol. The van der Waals surface area contributed by atoms with Gasteiger partial charge in [0.05, 0.1) is 25.0 Å². The first-order valence-corrected chi connectivity index (χ1v) is 7.00. The van der Waals surface area contributed by atoms with E-state index in [2.05, 4.69) is 26.2 Å². The second kappa shape index (κ2) is 6.22. The van der Waals surface area contributed by atoms with Gasteiger partial charge in [0.15, 0.2) is 0 Å². The molecule has 0 amide bonds. The number of ether oxygens (including phenoxy) is 1. The Labute approximate surface area is 126 Å². The van der Waals surface area contributed by atoms with Crippen LogP contribution < -0.4 is 10.1 Å². The average molecular weight is 339 g/mol. The molecule has 0 unspecified atom stereocenters. The highest BCUT2D eigenvalue weighted by Gasteiger charge is 2.10. The lowest BCUT2D eigenvalue weighted by Gasteiger charge is -2.13. The van der Waals surface area contributed by atoms with E-state index in [0.29, 0.717) is 16.7 Å². The van der Waals surface area contributed by atoms with Crippen molar-refractivity contribution in [2.24, 2.45) is 0 Å². The van der Waals surface area contributed by atoms with Crippen molar-refractivity contribution < 1.29 is 9.13 Å². The summed E-state index contributed by atoms with van der Waals surface area (Å²) >= 11 is 3.23. The predicted octanol–water partition coefficient (Wildman–Crippen LogP) is 4.22. The van der Waals surface area contributed by atoms with E-state index >= 15 is 0 Å². The molecular formula is C15H16BrFN2O. The van der Waals surface area contributed by atoms with E-state index < -0.39 is 0 Å². The van der Waals surface area contributed by atoms with Crippen LogP contribution in [-0.4, -0.2) is 12.1 Å². The summed E-state index contributed by atoms with van der Waals surface area (Å²) in [6, 6.07) is 4.92. The van der Waals surface area contributed by atoms with Gasteiger partial charge in [0.1, 0.15) is 11.6 Å². The maximum Gasteiger partial charge on any atom is 0.147 e. The molecule has 0 aliphatic rings. The summed E-state index contributed by atoms with van der Waals surface area (Å²) < 4.78 is 19.8. The summed E-state index contributed by atoms with van der Waals surface area (Å²) in [5, 5.41) is 3.05. The SMILES string of the molecule is COc1c(C)cnc(CNc2ccc(Br)cc2F)c1C. The van der Waals surface area contributed by atoms with Crippen LogP contribution in [0.1, 0.15) is 16.8 Å². The Morgan fingerprint density at radius 2 is 2.10 bits per heavy atom. The first-order chi connectivity index (χ1) is 9.52. The van der Waals surface area contributed by atoms with Crippen LogP contribution in [0.4, 0.5) is 10.1 Å². The number of halogens is 2. The molecule has 0 radical (unpaired) electrons. The molecule has 1 N–H and O–H groups in total. The predicted molar refractivity (Wildman–Crippen MR) is 81.7 cm³/mol. The first kappa shape index (κ1) is 14.8. The third-order valence-electron chi connectivity index (χ3n) is 3.13. The molecule has 0 saturated carbocycles. The van der Waals surface area contributed by atoms with Gasteiger partial charge in [0.2, 0.25) is 0 Å². The van der Waals surface area contributed by atoms with E-state index in [1.54, 1.807) is 25.4 Å². The molecule has 1 aromatic heterocycles. The van der Waals surface area contributed by atoms with Gasteiger partial charge in [0, 0.05) is 21.8 Å². The molecular weight excluding hydrogens is 323 g/mol. The smallest absolute Gasteiger partial charge is 0.147 e. The van der Waals surface area contributed by atoms with E-state index in [9.17, 15) is 4.39 Å². The van der Waals surface area contributed by atoms with Crippen LogP contribution in [0.5, 0.6) is 5.75 Å². The molecule has 2 rings (SSSR count). The van der Waals surface area contributed by atoms with Gasteiger partial charge in [-0.3, -0.25) is 4.98 Å². The van der Waals surface area contributed by atoms with Crippen LogP contribution in [0.2, 0.25) is 0 Å². The zero-order valence-electron chi connectivity index (χ0n) is 11.6. The van der Waals surface area contributed by atoms with Gasteiger partial charge < -0.3 is 10.1 Å². The van der Waals surface area contributed by atoms with Crippen molar-refractivity contribution >= 4 is 21.6 Å². The highest BCUT2D eigenvalue weighted by atomic mass is 79.9. The number of aromatic nitrogens is 1. The molecule has 106 valence electrons. The number of anilines is 1. The van der Waals surface area contributed by atoms with E-state index in [4.69, 9.17) is 4.74 Å². The number of hydrogen-bond acceptors (Lipinski definition) is 3. The van der Waals surface area contributed by atoms with Crippen molar-refractivity contribution in [2.45, 2.75) is 20.4 Å². The number of nitrogens with one attached hydrogen (secondary N) is 1. The van der Waals surface area contributed by atoms with E-state index in [1.807, 2.05) is 13.8 Å². The molecule has 0 bridgehead atoms. The fraction of sp³-hybridized carbons (Fsp3) is 0.267. The Morgan fingerprint density at radius 1 is 1.35 bits per heavy atom. The molecule has 1 heterocycles. The van der Waals surface area contributed by atoms with Gasteiger partial charge >= 0.3 is 0 Å². The lowest BCUT2D eigenvalue weighted by molar-refractivity contribution is 0.407. The van der Waals surface area contributed by atoms with Crippen molar-refractivity contribution in [3.63, 3.8) is 0 Å². The molecule has 3 nitrogen and oxygen atoms in total. The Morgan fingerprint density at radius 3 is 2.75 bits per heavy atom. The number of rotatable bonds is 4. The molecule has 2 aromatic rings. The Bertz CT molecular complexity index is 632. The fourth-order valence-corrected chi connectivity index (χ4v) is 2.39. The Kier molecular flexibility index (Phi) is 4.60. The van der Waals surface area contributed by atoms with Gasteiger partial charge in [0.25, 0.3) is 0 Å². The third kappa shape index (κ3) is 3.10. The molecule has 1 aromatic carbocycles. The quantitative estimate of drug-likeness (QED) is 0.906. The van der Waals surface area contributed by atoms with Gasteiger partial charge in [-0.1, -0.05) is 15.9 Å². The average Bonchev–Trinajstić information content (AvgIpc) is 2.40. The van der Waals surface area contributed by atoms with Crippen LogP contribution in [0.3, 0.4) is 0 Å². The standard InChI is InChI=1S/C15H16BrFN2O/c1-9-7-18-14(10(2)15(9)20-3)8-19-13-5-4-11(16)6-12(13)17/h4-7,19H,8H2,1-3H3. The Balaban J connectivity index is 2.19. The molecule has 0 saturated heterocycles. The van der Waals surface area contributed by atoms with E-state index in [1.165, 1.54) is 6.07 Å². The van der Waals surface area contributed by atoms with Crippen molar-refractivity contribution in [3.8, 4) is 5.75 Å². The number of hydrogen-bond donors (Lipinski definition) is 1. The second-order valence-electron chi connectivity index (χ2n) is 4.52. The van der Waals surface area contributed by atoms with Gasteiger partial charge in [-0.05, 0) is 32.0 Å². The molecule has 20 heavy (non-hydrogen) atoms. The van der Waals surface area contributed by atoms with Crippen LogP contribution in [0.15, 0.2) is 28.9 Å². The van der Waals surface area contributed by atoms with Crippen molar-refractivity contribution in [3.05, 3.63) is 51.5 Å². The van der Waals surface area contributed by atoms with Crippen molar-refractivity contribution in [2.75, 3.05) is 12.4 Å². The van der Waals surface area contributed by atoms with Crippen LogP contribution >= 0.6 is 15.9 Å². The summed E-state index contributed by atoms with van der Waals surface area (Å²) in [6.07, 6.45) is 1.76.